The number of benzene rings is 1. The fourth-order valence-corrected chi connectivity index (χ4v) is 2.50. The summed E-state index contributed by atoms with van der Waals surface area (Å²) in [5.41, 5.74) is 1.54. The molecule has 9 heteroatoms. The molecule has 2 aromatic heterocycles. The van der Waals surface area contributed by atoms with E-state index < -0.39 is 12.0 Å². The van der Waals surface area contributed by atoms with E-state index in [-0.39, 0.29) is 11.6 Å². The summed E-state index contributed by atoms with van der Waals surface area (Å²) in [7, 11) is 0. The number of aromatic carboxylic acids is 1. The van der Waals surface area contributed by atoms with Gasteiger partial charge in [-0.3, -0.25) is 14.2 Å². The van der Waals surface area contributed by atoms with Crippen molar-refractivity contribution < 1.29 is 14.7 Å². The van der Waals surface area contributed by atoms with Crippen LogP contribution in [0.3, 0.4) is 0 Å². The fourth-order valence-electron chi connectivity index (χ4n) is 2.34. The number of hydrogen-bond acceptors (Lipinski definition) is 4. The van der Waals surface area contributed by atoms with Crippen LogP contribution in [0.1, 0.15) is 29.0 Å². The molecule has 0 bridgehead atoms. The summed E-state index contributed by atoms with van der Waals surface area (Å²) in [6.45, 7) is 2.21. The van der Waals surface area contributed by atoms with Crippen LogP contribution >= 0.6 is 11.6 Å². The maximum Gasteiger partial charge on any atom is 0.356 e. The second kappa shape index (κ2) is 7.40. The van der Waals surface area contributed by atoms with Crippen LogP contribution in [0.4, 0.5) is 5.69 Å². The summed E-state index contributed by atoms with van der Waals surface area (Å²) in [6.07, 6.45) is 4.77. The van der Waals surface area contributed by atoms with Crippen LogP contribution in [-0.2, 0) is 11.3 Å². The molecule has 0 radical (unpaired) electrons. The number of hydrogen-bond donors (Lipinski definition) is 2. The van der Waals surface area contributed by atoms with Crippen LogP contribution < -0.4 is 5.32 Å². The molecule has 3 rings (SSSR count). The molecule has 1 unspecified atom stereocenters. The molecule has 0 aliphatic rings. The Balaban J connectivity index is 1.62. The highest BCUT2D eigenvalue weighted by Crippen LogP contribution is 2.15. The summed E-state index contributed by atoms with van der Waals surface area (Å²) < 4.78 is 3.03. The third kappa shape index (κ3) is 4.09. The number of amides is 1. The number of nitrogens with one attached hydrogen (secondary N) is 1. The zero-order valence-corrected chi connectivity index (χ0v) is 14.6. The van der Waals surface area contributed by atoms with Gasteiger partial charge < -0.3 is 10.4 Å². The van der Waals surface area contributed by atoms with Gasteiger partial charge in [0.05, 0.1) is 17.8 Å². The molecule has 134 valence electrons. The summed E-state index contributed by atoms with van der Waals surface area (Å²) in [6, 6.07) is 8.04. The normalized spacial score (nSPS) is 11.9. The van der Waals surface area contributed by atoms with Crippen molar-refractivity contribution in [3.05, 3.63) is 65.2 Å². The van der Waals surface area contributed by atoms with E-state index in [9.17, 15) is 9.59 Å². The molecule has 0 aliphatic heterocycles. The maximum atomic E-state index is 12.3. The molecule has 0 saturated heterocycles. The first-order chi connectivity index (χ1) is 12.4. The molecule has 0 fully saturated rings. The monoisotopic (exact) mass is 373 g/mol. The average molecular weight is 374 g/mol. The first-order valence-corrected chi connectivity index (χ1v) is 8.16. The Hall–Kier alpha value is -3.13. The second-order valence-electron chi connectivity index (χ2n) is 5.70. The minimum absolute atomic E-state index is 0.104. The number of halogens is 1. The summed E-state index contributed by atoms with van der Waals surface area (Å²) in [4.78, 5) is 23.2. The van der Waals surface area contributed by atoms with Crippen molar-refractivity contribution in [1.29, 1.82) is 0 Å². The molecular weight excluding hydrogens is 358 g/mol. The van der Waals surface area contributed by atoms with Crippen molar-refractivity contribution in [2.75, 3.05) is 5.32 Å². The Morgan fingerprint density at radius 2 is 2.00 bits per heavy atom. The predicted octanol–water partition coefficient (Wildman–Crippen LogP) is 2.68. The van der Waals surface area contributed by atoms with Gasteiger partial charge in [0, 0.05) is 18.1 Å². The standard InChI is InChI=1S/C17H16ClN5O3/c1-11(23-7-6-15(21-23)17(25)26)16(24)20-14-4-2-12(3-5-14)9-22-10-13(18)8-19-22/h2-8,10-11H,9H2,1H3,(H,20,24)(H,25,26). The molecule has 3 aromatic rings. The highest BCUT2D eigenvalue weighted by molar-refractivity contribution is 6.30. The summed E-state index contributed by atoms with van der Waals surface area (Å²) in [5.74, 6) is -1.43. The molecule has 0 spiro atoms. The Morgan fingerprint density at radius 1 is 1.27 bits per heavy atom. The molecule has 2 heterocycles. The molecule has 1 aromatic carbocycles. The number of carbonyl (C=O) groups is 2. The van der Waals surface area contributed by atoms with Gasteiger partial charge in [-0.05, 0) is 30.7 Å². The van der Waals surface area contributed by atoms with Crippen LogP contribution in [0.15, 0.2) is 48.9 Å². The quantitative estimate of drug-likeness (QED) is 0.691. The minimum Gasteiger partial charge on any atom is -0.476 e. The fraction of sp³-hybridized carbons (Fsp3) is 0.176. The lowest BCUT2D eigenvalue weighted by atomic mass is 10.2. The lowest BCUT2D eigenvalue weighted by Gasteiger charge is -2.13. The summed E-state index contributed by atoms with van der Waals surface area (Å²) >= 11 is 5.84. The smallest absolute Gasteiger partial charge is 0.356 e. The zero-order valence-electron chi connectivity index (χ0n) is 13.8. The van der Waals surface area contributed by atoms with Crippen molar-refractivity contribution in [3.63, 3.8) is 0 Å². The molecule has 1 amide bonds. The SMILES string of the molecule is CC(C(=O)Nc1ccc(Cn2cc(Cl)cn2)cc1)n1ccc(C(=O)O)n1. The van der Waals surface area contributed by atoms with E-state index in [0.29, 0.717) is 17.3 Å². The molecule has 0 saturated carbocycles. The van der Waals surface area contributed by atoms with Crippen molar-refractivity contribution >= 4 is 29.2 Å². The van der Waals surface area contributed by atoms with Crippen LogP contribution in [-0.4, -0.2) is 36.5 Å². The number of carboxylic acid groups (broad SMARTS) is 1. The van der Waals surface area contributed by atoms with Crippen LogP contribution in [0, 0.1) is 0 Å². The number of carboxylic acids is 1. The van der Waals surface area contributed by atoms with Crippen LogP contribution in [0.5, 0.6) is 0 Å². The van der Waals surface area contributed by atoms with E-state index in [1.807, 2.05) is 12.1 Å². The first-order valence-electron chi connectivity index (χ1n) is 7.78. The summed E-state index contributed by atoms with van der Waals surface area (Å²) in [5, 5.41) is 20.2. The van der Waals surface area contributed by atoms with E-state index >= 15 is 0 Å². The van der Waals surface area contributed by atoms with E-state index in [1.54, 1.807) is 36.1 Å². The minimum atomic E-state index is -1.13. The predicted molar refractivity (Wildman–Crippen MR) is 95.3 cm³/mol. The molecule has 1 atom stereocenters. The first kappa shape index (κ1) is 17.7. The third-order valence-electron chi connectivity index (χ3n) is 3.77. The molecule has 26 heavy (non-hydrogen) atoms. The number of aromatic nitrogens is 4. The zero-order chi connectivity index (χ0) is 18.7. The van der Waals surface area contributed by atoms with Crippen LogP contribution in [0.2, 0.25) is 5.02 Å². The average Bonchev–Trinajstić information content (AvgIpc) is 3.25. The number of nitrogens with zero attached hydrogens (tertiary/aromatic N) is 4. The molecule has 8 nitrogen and oxygen atoms in total. The van der Waals surface area contributed by atoms with Gasteiger partial charge in [0.2, 0.25) is 5.91 Å². The highest BCUT2D eigenvalue weighted by Gasteiger charge is 2.17. The number of anilines is 1. The van der Waals surface area contributed by atoms with Crippen molar-refractivity contribution in [2.45, 2.75) is 19.5 Å². The lowest BCUT2D eigenvalue weighted by molar-refractivity contribution is -0.119. The third-order valence-corrected chi connectivity index (χ3v) is 3.97. The van der Waals surface area contributed by atoms with Crippen LogP contribution in [0.25, 0.3) is 0 Å². The highest BCUT2D eigenvalue weighted by atomic mass is 35.5. The van der Waals surface area contributed by atoms with Gasteiger partial charge in [-0.2, -0.15) is 10.2 Å². The van der Waals surface area contributed by atoms with Gasteiger partial charge in [-0.15, -0.1) is 0 Å². The topological polar surface area (TPSA) is 102 Å². The Kier molecular flexibility index (Phi) is 5.04. The van der Waals surface area contributed by atoms with E-state index in [0.717, 1.165) is 5.56 Å². The lowest BCUT2D eigenvalue weighted by Crippen LogP contribution is -2.24. The second-order valence-corrected chi connectivity index (χ2v) is 6.14. The van der Waals surface area contributed by atoms with Crippen molar-refractivity contribution in [3.8, 4) is 0 Å². The Bertz CT molecular complexity index is 932. The number of rotatable bonds is 6. The largest absolute Gasteiger partial charge is 0.476 e. The molecule has 0 aliphatic carbocycles. The maximum absolute atomic E-state index is 12.3. The Morgan fingerprint density at radius 3 is 2.58 bits per heavy atom. The Labute approximate surface area is 154 Å². The number of carbonyl (C=O) groups excluding carboxylic acids is 1. The van der Waals surface area contributed by atoms with E-state index in [1.165, 1.54) is 16.9 Å². The van der Waals surface area contributed by atoms with Gasteiger partial charge in [-0.25, -0.2) is 4.79 Å². The molecule has 2 N–H and O–H groups in total. The van der Waals surface area contributed by atoms with Gasteiger partial charge >= 0.3 is 5.97 Å². The van der Waals surface area contributed by atoms with Crippen molar-refractivity contribution in [2.24, 2.45) is 0 Å². The van der Waals surface area contributed by atoms with Gasteiger partial charge in [0.15, 0.2) is 5.69 Å². The van der Waals surface area contributed by atoms with E-state index in [2.05, 4.69) is 15.5 Å². The van der Waals surface area contributed by atoms with E-state index in [4.69, 9.17) is 16.7 Å². The van der Waals surface area contributed by atoms with Crippen molar-refractivity contribution in [1.82, 2.24) is 19.6 Å². The van der Waals surface area contributed by atoms with Gasteiger partial charge in [-0.1, -0.05) is 23.7 Å². The van der Waals surface area contributed by atoms with Gasteiger partial charge in [0.1, 0.15) is 6.04 Å². The molecular formula is C17H16ClN5O3. The van der Waals surface area contributed by atoms with Gasteiger partial charge in [0.25, 0.3) is 0 Å².